The predicted octanol–water partition coefficient (Wildman–Crippen LogP) is 0.634. The summed E-state index contributed by atoms with van der Waals surface area (Å²) < 4.78 is 5.23. The molecule has 0 radical (unpaired) electrons. The van der Waals surface area contributed by atoms with E-state index in [1.165, 1.54) is 12.3 Å². The van der Waals surface area contributed by atoms with Crippen LogP contribution >= 0.6 is 0 Å². The van der Waals surface area contributed by atoms with Gasteiger partial charge in [0.2, 0.25) is 11.8 Å². The summed E-state index contributed by atoms with van der Waals surface area (Å²) in [5, 5.41) is 11.1. The van der Waals surface area contributed by atoms with Crippen LogP contribution in [0, 0.1) is 11.3 Å². The summed E-state index contributed by atoms with van der Waals surface area (Å²) in [6.07, 6.45) is 2.62. The Balaban J connectivity index is 2.30. The van der Waals surface area contributed by atoms with Crippen molar-refractivity contribution in [2.75, 3.05) is 13.2 Å². The first-order chi connectivity index (χ1) is 7.76. The average molecular weight is 217 g/mol. The second-order valence-electron chi connectivity index (χ2n) is 2.84. The number of carbonyl (C=O) groups is 1. The lowest BCUT2D eigenvalue weighted by atomic mass is 10.3. The van der Waals surface area contributed by atoms with Crippen molar-refractivity contribution in [1.82, 2.24) is 10.3 Å². The molecule has 1 aromatic rings. The molecule has 1 rings (SSSR count). The van der Waals surface area contributed by atoms with Gasteiger partial charge in [-0.05, 0) is 12.1 Å². The fraction of sp³-hybridized carbons (Fsp3) is 0.182. The Morgan fingerprint density at radius 3 is 3.06 bits per heavy atom. The molecule has 0 unspecified atom stereocenters. The summed E-state index contributed by atoms with van der Waals surface area (Å²) in [5.41, 5.74) is 0.479. The molecular weight excluding hydrogens is 206 g/mol. The molecule has 1 aromatic heterocycles. The van der Waals surface area contributed by atoms with Gasteiger partial charge in [0.25, 0.3) is 0 Å². The molecule has 16 heavy (non-hydrogen) atoms. The molecular formula is C11H11N3O2. The van der Waals surface area contributed by atoms with E-state index in [2.05, 4.69) is 16.9 Å². The van der Waals surface area contributed by atoms with E-state index < -0.39 is 0 Å². The summed E-state index contributed by atoms with van der Waals surface area (Å²) in [7, 11) is 0. The second-order valence-corrected chi connectivity index (χ2v) is 2.84. The molecule has 5 nitrogen and oxygen atoms in total. The minimum Gasteiger partial charge on any atom is -0.476 e. The number of rotatable bonds is 5. The van der Waals surface area contributed by atoms with Crippen molar-refractivity contribution < 1.29 is 9.53 Å². The topological polar surface area (TPSA) is 75.0 Å². The van der Waals surface area contributed by atoms with E-state index in [4.69, 9.17) is 10.00 Å². The molecule has 0 fully saturated rings. The minimum atomic E-state index is -0.239. The maximum absolute atomic E-state index is 10.8. The highest BCUT2D eigenvalue weighted by Gasteiger charge is 1.97. The number of nitrogens with zero attached hydrogens (tertiary/aromatic N) is 2. The van der Waals surface area contributed by atoms with Gasteiger partial charge in [0.15, 0.2) is 0 Å². The Kier molecular flexibility index (Phi) is 4.54. The van der Waals surface area contributed by atoms with E-state index in [1.807, 2.05) is 6.07 Å². The highest BCUT2D eigenvalue weighted by Crippen LogP contribution is 2.05. The van der Waals surface area contributed by atoms with E-state index in [9.17, 15) is 4.79 Å². The number of amides is 1. The third kappa shape index (κ3) is 3.80. The molecule has 5 heteroatoms. The minimum absolute atomic E-state index is 0.239. The summed E-state index contributed by atoms with van der Waals surface area (Å²) in [6, 6.07) is 5.18. The van der Waals surface area contributed by atoms with Crippen LogP contribution in [0.1, 0.15) is 5.56 Å². The monoisotopic (exact) mass is 217 g/mol. The number of hydrogen-bond acceptors (Lipinski definition) is 4. The summed E-state index contributed by atoms with van der Waals surface area (Å²) >= 11 is 0. The van der Waals surface area contributed by atoms with E-state index in [0.717, 1.165) is 0 Å². The first-order valence-corrected chi connectivity index (χ1v) is 4.65. The van der Waals surface area contributed by atoms with Crippen molar-refractivity contribution in [1.29, 1.82) is 5.26 Å². The number of carbonyl (C=O) groups excluding carboxylic acids is 1. The Bertz CT molecular complexity index is 406. The van der Waals surface area contributed by atoms with Gasteiger partial charge in [-0.3, -0.25) is 4.79 Å². The SMILES string of the molecule is C=CC(=O)NCCOc1ccc(C#N)cn1. The molecule has 82 valence electrons. The Hall–Kier alpha value is -2.35. The Morgan fingerprint density at radius 1 is 1.69 bits per heavy atom. The van der Waals surface area contributed by atoms with Crippen LogP contribution in [0.15, 0.2) is 31.0 Å². The molecule has 1 N–H and O–H groups in total. The lowest BCUT2D eigenvalue weighted by Gasteiger charge is -2.05. The van der Waals surface area contributed by atoms with Crippen molar-refractivity contribution in [3.05, 3.63) is 36.5 Å². The van der Waals surface area contributed by atoms with Gasteiger partial charge in [0, 0.05) is 12.3 Å². The molecule has 0 aromatic carbocycles. The molecule has 0 aliphatic carbocycles. The van der Waals surface area contributed by atoms with Gasteiger partial charge < -0.3 is 10.1 Å². The van der Waals surface area contributed by atoms with Crippen LogP contribution in [0.3, 0.4) is 0 Å². The van der Waals surface area contributed by atoms with Gasteiger partial charge in [0.05, 0.1) is 12.1 Å². The largest absolute Gasteiger partial charge is 0.476 e. The lowest BCUT2D eigenvalue weighted by molar-refractivity contribution is -0.116. The van der Waals surface area contributed by atoms with Crippen molar-refractivity contribution in [2.24, 2.45) is 0 Å². The zero-order chi connectivity index (χ0) is 11.8. The maximum Gasteiger partial charge on any atom is 0.243 e. The quantitative estimate of drug-likeness (QED) is 0.580. The molecule has 0 spiro atoms. The fourth-order valence-corrected chi connectivity index (χ4v) is 0.934. The molecule has 0 aliphatic heterocycles. The zero-order valence-electron chi connectivity index (χ0n) is 8.64. The summed E-state index contributed by atoms with van der Waals surface area (Å²) in [6.45, 7) is 4.02. The number of aromatic nitrogens is 1. The van der Waals surface area contributed by atoms with Gasteiger partial charge in [-0.2, -0.15) is 5.26 Å². The number of ether oxygens (including phenoxy) is 1. The van der Waals surface area contributed by atoms with Gasteiger partial charge in [-0.15, -0.1) is 0 Å². The number of nitrogens with one attached hydrogen (secondary N) is 1. The normalized spacial score (nSPS) is 8.94. The fourth-order valence-electron chi connectivity index (χ4n) is 0.934. The summed E-state index contributed by atoms with van der Waals surface area (Å²) in [4.78, 5) is 14.7. The van der Waals surface area contributed by atoms with Gasteiger partial charge in [-0.1, -0.05) is 6.58 Å². The van der Waals surface area contributed by atoms with Crippen LogP contribution in [-0.2, 0) is 4.79 Å². The van der Waals surface area contributed by atoms with Crippen molar-refractivity contribution >= 4 is 5.91 Å². The van der Waals surface area contributed by atoms with Crippen LogP contribution in [0.25, 0.3) is 0 Å². The van der Waals surface area contributed by atoms with Gasteiger partial charge >= 0.3 is 0 Å². The van der Waals surface area contributed by atoms with E-state index in [1.54, 1.807) is 12.1 Å². The smallest absolute Gasteiger partial charge is 0.243 e. The molecule has 0 bridgehead atoms. The highest BCUT2D eigenvalue weighted by atomic mass is 16.5. The zero-order valence-corrected chi connectivity index (χ0v) is 8.64. The van der Waals surface area contributed by atoms with E-state index >= 15 is 0 Å². The number of pyridine rings is 1. The van der Waals surface area contributed by atoms with Crippen LogP contribution in [0.4, 0.5) is 0 Å². The van der Waals surface area contributed by atoms with Crippen LogP contribution in [0.5, 0.6) is 5.88 Å². The van der Waals surface area contributed by atoms with Gasteiger partial charge in [0.1, 0.15) is 12.7 Å². The molecule has 1 amide bonds. The molecule has 1 heterocycles. The Morgan fingerprint density at radius 2 is 2.50 bits per heavy atom. The van der Waals surface area contributed by atoms with Crippen LogP contribution < -0.4 is 10.1 Å². The third-order valence-corrected chi connectivity index (χ3v) is 1.70. The third-order valence-electron chi connectivity index (χ3n) is 1.70. The molecule has 0 aliphatic rings. The second kappa shape index (κ2) is 6.19. The van der Waals surface area contributed by atoms with E-state index in [0.29, 0.717) is 24.6 Å². The molecule has 0 saturated heterocycles. The van der Waals surface area contributed by atoms with E-state index in [-0.39, 0.29) is 5.91 Å². The van der Waals surface area contributed by atoms with Crippen molar-refractivity contribution in [3.8, 4) is 11.9 Å². The average Bonchev–Trinajstić information content (AvgIpc) is 2.35. The standard InChI is InChI=1S/C11H11N3O2/c1-2-10(15)13-5-6-16-11-4-3-9(7-12)8-14-11/h2-4,8H,1,5-6H2,(H,13,15). The van der Waals surface area contributed by atoms with Gasteiger partial charge in [-0.25, -0.2) is 4.98 Å². The molecule has 0 saturated carbocycles. The lowest BCUT2D eigenvalue weighted by Crippen LogP contribution is -2.26. The number of nitriles is 1. The van der Waals surface area contributed by atoms with Crippen LogP contribution in [0.2, 0.25) is 0 Å². The summed E-state index contributed by atoms with van der Waals surface area (Å²) in [5.74, 6) is 0.184. The van der Waals surface area contributed by atoms with Crippen molar-refractivity contribution in [3.63, 3.8) is 0 Å². The maximum atomic E-state index is 10.8. The number of hydrogen-bond donors (Lipinski definition) is 1. The highest BCUT2D eigenvalue weighted by molar-refractivity contribution is 5.86. The first kappa shape index (κ1) is 11.7. The predicted molar refractivity (Wildman–Crippen MR) is 57.7 cm³/mol. The molecule has 0 atom stereocenters. The first-order valence-electron chi connectivity index (χ1n) is 4.65. The van der Waals surface area contributed by atoms with Crippen molar-refractivity contribution in [2.45, 2.75) is 0 Å². The Labute approximate surface area is 93.4 Å². The van der Waals surface area contributed by atoms with Crippen LogP contribution in [-0.4, -0.2) is 24.0 Å².